The van der Waals surface area contributed by atoms with Crippen LogP contribution in [0.5, 0.6) is 0 Å². The van der Waals surface area contributed by atoms with Gasteiger partial charge in [0.05, 0.1) is 10.6 Å². The summed E-state index contributed by atoms with van der Waals surface area (Å²) >= 11 is 1.34. The normalized spacial score (nSPS) is 12.9. The molecule has 1 aromatic heterocycles. The number of aromatic nitrogens is 2. The molecule has 0 aromatic carbocycles. The van der Waals surface area contributed by atoms with Crippen molar-refractivity contribution in [2.24, 2.45) is 7.05 Å². The molecular weight excluding hydrogens is 200 g/mol. The highest BCUT2D eigenvalue weighted by atomic mass is 32.2. The Morgan fingerprint density at radius 3 is 2.50 bits per heavy atom. The lowest BCUT2D eigenvalue weighted by atomic mass is 10.4. The van der Waals surface area contributed by atoms with Gasteiger partial charge in [0.2, 0.25) is 0 Å². The molecule has 1 atom stereocenters. The van der Waals surface area contributed by atoms with E-state index in [4.69, 9.17) is 5.11 Å². The molecule has 1 aromatic rings. The molecule has 5 heteroatoms. The fourth-order valence-electron chi connectivity index (χ4n) is 1.15. The largest absolute Gasteiger partial charge is 0.480 e. The van der Waals surface area contributed by atoms with E-state index in [1.807, 2.05) is 20.9 Å². The summed E-state index contributed by atoms with van der Waals surface area (Å²) in [5.74, 6) is -0.794. The highest BCUT2D eigenvalue weighted by Crippen LogP contribution is 2.29. The predicted octanol–water partition coefficient (Wildman–Crippen LogP) is 1.60. The topological polar surface area (TPSA) is 55.1 Å². The molecule has 4 nitrogen and oxygen atoms in total. The number of nitrogens with zero attached hydrogens (tertiary/aromatic N) is 2. The first kappa shape index (κ1) is 11.1. The van der Waals surface area contributed by atoms with Crippen LogP contribution in [0.25, 0.3) is 0 Å². The Balaban J connectivity index is 2.91. The third-order valence-corrected chi connectivity index (χ3v) is 3.47. The van der Waals surface area contributed by atoms with Crippen molar-refractivity contribution in [2.75, 3.05) is 0 Å². The number of aliphatic carboxylic acids is 1. The number of carbonyl (C=O) groups is 1. The Morgan fingerprint density at radius 2 is 2.14 bits per heavy atom. The van der Waals surface area contributed by atoms with Crippen LogP contribution in [0.15, 0.2) is 4.90 Å². The molecule has 0 amide bonds. The van der Waals surface area contributed by atoms with Crippen molar-refractivity contribution in [3.05, 3.63) is 11.4 Å². The third-order valence-electron chi connectivity index (χ3n) is 2.09. The number of rotatable bonds is 3. The van der Waals surface area contributed by atoms with Crippen LogP contribution < -0.4 is 0 Å². The number of aryl methyl sites for hydroxylation is 2. The smallest absolute Gasteiger partial charge is 0.316 e. The first-order chi connectivity index (χ1) is 6.43. The highest BCUT2D eigenvalue weighted by Gasteiger charge is 2.17. The molecule has 0 unspecified atom stereocenters. The van der Waals surface area contributed by atoms with Crippen LogP contribution in [0, 0.1) is 13.8 Å². The van der Waals surface area contributed by atoms with Gasteiger partial charge in [-0.1, -0.05) is 0 Å². The van der Waals surface area contributed by atoms with Crippen LogP contribution in [0.2, 0.25) is 0 Å². The Hall–Kier alpha value is -0.970. The van der Waals surface area contributed by atoms with Crippen LogP contribution in [-0.2, 0) is 11.8 Å². The van der Waals surface area contributed by atoms with E-state index in [0.29, 0.717) is 0 Å². The molecule has 14 heavy (non-hydrogen) atoms. The van der Waals surface area contributed by atoms with Gasteiger partial charge in [0.25, 0.3) is 0 Å². The number of hydrogen-bond donors (Lipinski definition) is 1. The molecule has 1 rings (SSSR count). The van der Waals surface area contributed by atoms with Gasteiger partial charge in [0.15, 0.2) is 0 Å². The van der Waals surface area contributed by atoms with Gasteiger partial charge < -0.3 is 5.11 Å². The summed E-state index contributed by atoms with van der Waals surface area (Å²) < 4.78 is 1.77. The SMILES string of the molecule is Cc1nn(C)c(C)c1S[C@@H](C)C(=O)O. The second-order valence-electron chi connectivity index (χ2n) is 3.22. The van der Waals surface area contributed by atoms with E-state index in [1.54, 1.807) is 11.6 Å². The maximum absolute atomic E-state index is 10.7. The minimum Gasteiger partial charge on any atom is -0.480 e. The zero-order valence-electron chi connectivity index (χ0n) is 8.74. The second kappa shape index (κ2) is 4.04. The van der Waals surface area contributed by atoms with Gasteiger partial charge in [-0.05, 0) is 20.8 Å². The lowest BCUT2D eigenvalue weighted by molar-refractivity contribution is -0.136. The zero-order chi connectivity index (χ0) is 10.9. The van der Waals surface area contributed by atoms with Gasteiger partial charge >= 0.3 is 5.97 Å². The lowest BCUT2D eigenvalue weighted by Crippen LogP contribution is -2.11. The van der Waals surface area contributed by atoms with Crippen molar-refractivity contribution in [1.82, 2.24) is 9.78 Å². The van der Waals surface area contributed by atoms with E-state index < -0.39 is 11.2 Å². The summed E-state index contributed by atoms with van der Waals surface area (Å²) in [6.45, 7) is 5.51. The maximum atomic E-state index is 10.7. The van der Waals surface area contributed by atoms with Gasteiger partial charge in [-0.15, -0.1) is 11.8 Å². The van der Waals surface area contributed by atoms with Gasteiger partial charge in [0, 0.05) is 12.7 Å². The minimum atomic E-state index is -0.794. The molecule has 0 radical (unpaired) electrons. The lowest BCUT2D eigenvalue weighted by Gasteiger charge is -2.05. The summed E-state index contributed by atoms with van der Waals surface area (Å²) in [4.78, 5) is 11.7. The number of thioether (sulfide) groups is 1. The summed E-state index contributed by atoms with van der Waals surface area (Å²) in [6.07, 6.45) is 0. The highest BCUT2D eigenvalue weighted by molar-refractivity contribution is 8.00. The van der Waals surface area contributed by atoms with Crippen LogP contribution in [0.1, 0.15) is 18.3 Å². The van der Waals surface area contributed by atoms with E-state index in [9.17, 15) is 4.79 Å². The van der Waals surface area contributed by atoms with Gasteiger partial charge in [0.1, 0.15) is 5.25 Å². The molecule has 1 heterocycles. The fourth-order valence-corrected chi connectivity index (χ4v) is 2.12. The molecule has 78 valence electrons. The van der Waals surface area contributed by atoms with Crippen molar-refractivity contribution in [2.45, 2.75) is 30.9 Å². The Morgan fingerprint density at radius 1 is 1.57 bits per heavy atom. The van der Waals surface area contributed by atoms with Crippen LogP contribution >= 0.6 is 11.8 Å². The van der Waals surface area contributed by atoms with Gasteiger partial charge in [-0.2, -0.15) is 5.10 Å². The first-order valence-electron chi connectivity index (χ1n) is 4.33. The van der Waals surface area contributed by atoms with E-state index >= 15 is 0 Å². The van der Waals surface area contributed by atoms with E-state index in [2.05, 4.69) is 5.10 Å². The molecule has 0 spiro atoms. The molecule has 0 saturated heterocycles. The quantitative estimate of drug-likeness (QED) is 0.776. The average Bonchev–Trinajstić information content (AvgIpc) is 2.32. The molecule has 0 bridgehead atoms. The van der Waals surface area contributed by atoms with Crippen LogP contribution in [0.4, 0.5) is 0 Å². The summed E-state index contributed by atoms with van der Waals surface area (Å²) in [5, 5.41) is 12.6. The third kappa shape index (κ3) is 2.09. The monoisotopic (exact) mass is 214 g/mol. The van der Waals surface area contributed by atoms with Crippen LogP contribution in [0.3, 0.4) is 0 Å². The molecular formula is C9H14N2O2S. The van der Waals surface area contributed by atoms with Crippen molar-refractivity contribution in [1.29, 1.82) is 0 Å². The maximum Gasteiger partial charge on any atom is 0.316 e. The summed E-state index contributed by atoms with van der Waals surface area (Å²) in [7, 11) is 1.86. The summed E-state index contributed by atoms with van der Waals surface area (Å²) in [6, 6.07) is 0. The molecule has 0 aliphatic heterocycles. The zero-order valence-corrected chi connectivity index (χ0v) is 9.55. The van der Waals surface area contributed by atoms with Gasteiger partial charge in [-0.25, -0.2) is 0 Å². The number of hydrogen-bond acceptors (Lipinski definition) is 3. The van der Waals surface area contributed by atoms with E-state index in [-0.39, 0.29) is 0 Å². The Kier molecular flexibility index (Phi) is 3.21. The van der Waals surface area contributed by atoms with Crippen molar-refractivity contribution >= 4 is 17.7 Å². The molecule has 0 aliphatic carbocycles. The summed E-state index contributed by atoms with van der Waals surface area (Å²) in [5.41, 5.74) is 1.91. The molecule has 0 fully saturated rings. The van der Waals surface area contributed by atoms with Crippen molar-refractivity contribution in [3.63, 3.8) is 0 Å². The van der Waals surface area contributed by atoms with E-state index in [1.165, 1.54) is 11.8 Å². The van der Waals surface area contributed by atoms with Crippen molar-refractivity contribution in [3.8, 4) is 0 Å². The molecule has 0 aliphatic rings. The van der Waals surface area contributed by atoms with Gasteiger partial charge in [-0.3, -0.25) is 9.48 Å². The van der Waals surface area contributed by atoms with E-state index in [0.717, 1.165) is 16.3 Å². The number of carboxylic acid groups (broad SMARTS) is 1. The molecule has 0 saturated carbocycles. The minimum absolute atomic E-state index is 0.434. The Bertz CT molecular complexity index is 360. The predicted molar refractivity (Wildman–Crippen MR) is 55.6 cm³/mol. The van der Waals surface area contributed by atoms with Crippen LogP contribution in [-0.4, -0.2) is 26.1 Å². The standard InChI is InChI=1S/C9H14N2O2S/c1-5-8(6(2)11(4)10-5)14-7(3)9(12)13/h7H,1-4H3,(H,12,13)/t7-/m0/s1. The average molecular weight is 214 g/mol. The second-order valence-corrected chi connectivity index (χ2v) is 4.57. The first-order valence-corrected chi connectivity index (χ1v) is 5.21. The Labute approximate surface area is 87.3 Å². The fraction of sp³-hybridized carbons (Fsp3) is 0.556. The number of carboxylic acids is 1. The van der Waals surface area contributed by atoms with Crippen molar-refractivity contribution < 1.29 is 9.90 Å². The molecule has 1 N–H and O–H groups in total.